The Bertz CT molecular complexity index is 322. The fourth-order valence-corrected chi connectivity index (χ4v) is 2.16. The minimum absolute atomic E-state index is 0.771. The van der Waals surface area contributed by atoms with E-state index in [0.29, 0.717) is 0 Å². The summed E-state index contributed by atoms with van der Waals surface area (Å²) in [5.41, 5.74) is 3.98. The van der Waals surface area contributed by atoms with Crippen LogP contribution in [0.1, 0.15) is 44.2 Å². The summed E-state index contributed by atoms with van der Waals surface area (Å²) >= 11 is 2.48. The standard InChI is InChI=1S/C15H21I/c1-4-14-8-10-15(11-9-14)12(2)6-5-7-13(3)16/h8-11,13H,2,4-7H2,1,3H3. The number of alkyl halides is 1. The monoisotopic (exact) mass is 328 g/mol. The predicted molar refractivity (Wildman–Crippen MR) is 82.2 cm³/mol. The van der Waals surface area contributed by atoms with Crippen LogP contribution in [0.4, 0.5) is 0 Å². The maximum absolute atomic E-state index is 4.17. The molecule has 0 aliphatic rings. The molecule has 0 aliphatic heterocycles. The molecule has 0 N–H and O–H groups in total. The highest BCUT2D eigenvalue weighted by Gasteiger charge is 2.01. The number of allylic oxidation sites excluding steroid dienone is 1. The van der Waals surface area contributed by atoms with Gasteiger partial charge in [-0.3, -0.25) is 0 Å². The van der Waals surface area contributed by atoms with Crippen LogP contribution in [0.2, 0.25) is 0 Å². The molecule has 0 bridgehead atoms. The Hall–Kier alpha value is -0.310. The van der Waals surface area contributed by atoms with Crippen LogP contribution < -0.4 is 0 Å². The second kappa shape index (κ2) is 7.10. The van der Waals surface area contributed by atoms with Crippen molar-refractivity contribution in [3.05, 3.63) is 42.0 Å². The first-order valence-corrected chi connectivity index (χ1v) is 7.29. The van der Waals surface area contributed by atoms with Crippen molar-refractivity contribution in [2.75, 3.05) is 0 Å². The summed E-state index contributed by atoms with van der Waals surface area (Å²) in [6.45, 7) is 8.62. The molecule has 1 unspecified atom stereocenters. The molecule has 0 spiro atoms. The number of halogens is 1. The van der Waals surface area contributed by atoms with Crippen molar-refractivity contribution >= 4 is 28.2 Å². The third-order valence-corrected chi connectivity index (χ3v) is 3.47. The van der Waals surface area contributed by atoms with Crippen molar-refractivity contribution in [1.29, 1.82) is 0 Å². The van der Waals surface area contributed by atoms with E-state index >= 15 is 0 Å². The first kappa shape index (κ1) is 13.8. The van der Waals surface area contributed by atoms with E-state index in [-0.39, 0.29) is 0 Å². The molecule has 0 heterocycles. The van der Waals surface area contributed by atoms with Crippen molar-refractivity contribution in [2.45, 2.75) is 43.5 Å². The van der Waals surface area contributed by atoms with Crippen LogP contribution in [0, 0.1) is 0 Å². The molecule has 0 radical (unpaired) electrons. The molecule has 16 heavy (non-hydrogen) atoms. The largest absolute Gasteiger partial charge is 0.0952 e. The fourth-order valence-electron chi connectivity index (χ4n) is 1.72. The normalized spacial score (nSPS) is 12.4. The third kappa shape index (κ3) is 4.69. The van der Waals surface area contributed by atoms with Gasteiger partial charge in [-0.15, -0.1) is 0 Å². The first-order chi connectivity index (χ1) is 7.63. The van der Waals surface area contributed by atoms with E-state index in [1.165, 1.54) is 29.5 Å². The molecule has 0 fully saturated rings. The van der Waals surface area contributed by atoms with Crippen LogP contribution in [0.3, 0.4) is 0 Å². The topological polar surface area (TPSA) is 0 Å². The quantitative estimate of drug-likeness (QED) is 0.494. The molecule has 1 rings (SSSR count). The van der Waals surface area contributed by atoms with Gasteiger partial charge in [0.25, 0.3) is 0 Å². The molecule has 88 valence electrons. The lowest BCUT2D eigenvalue weighted by Crippen LogP contribution is -1.91. The first-order valence-electron chi connectivity index (χ1n) is 6.04. The summed E-state index contributed by atoms with van der Waals surface area (Å²) in [6.07, 6.45) is 4.77. The molecular formula is C15H21I. The van der Waals surface area contributed by atoms with E-state index in [4.69, 9.17) is 0 Å². The van der Waals surface area contributed by atoms with Gasteiger partial charge in [0, 0.05) is 3.92 Å². The molecular weight excluding hydrogens is 307 g/mol. The molecule has 0 saturated carbocycles. The van der Waals surface area contributed by atoms with Gasteiger partial charge in [0.15, 0.2) is 0 Å². The van der Waals surface area contributed by atoms with Crippen molar-refractivity contribution < 1.29 is 0 Å². The van der Waals surface area contributed by atoms with Crippen LogP contribution in [0.25, 0.3) is 5.57 Å². The highest BCUT2D eigenvalue weighted by molar-refractivity contribution is 14.1. The van der Waals surface area contributed by atoms with Crippen molar-refractivity contribution in [3.8, 4) is 0 Å². The third-order valence-electron chi connectivity index (χ3n) is 2.85. The van der Waals surface area contributed by atoms with Gasteiger partial charge in [-0.25, -0.2) is 0 Å². The van der Waals surface area contributed by atoms with Gasteiger partial charge in [0.2, 0.25) is 0 Å². The average molecular weight is 328 g/mol. The van der Waals surface area contributed by atoms with Crippen LogP contribution in [0.15, 0.2) is 30.8 Å². The van der Waals surface area contributed by atoms with E-state index in [0.717, 1.165) is 16.8 Å². The van der Waals surface area contributed by atoms with E-state index in [1.807, 2.05) is 0 Å². The maximum atomic E-state index is 4.17. The zero-order chi connectivity index (χ0) is 12.0. The van der Waals surface area contributed by atoms with Crippen LogP contribution >= 0.6 is 22.6 Å². The van der Waals surface area contributed by atoms with E-state index in [1.54, 1.807) is 0 Å². The number of hydrogen-bond donors (Lipinski definition) is 0. The molecule has 0 aromatic heterocycles. The Balaban J connectivity index is 2.46. The molecule has 0 aliphatic carbocycles. The Kier molecular flexibility index (Phi) is 6.10. The van der Waals surface area contributed by atoms with Crippen LogP contribution in [0.5, 0.6) is 0 Å². The maximum Gasteiger partial charge on any atom is 0.00814 e. The number of aryl methyl sites for hydroxylation is 1. The minimum Gasteiger partial charge on any atom is -0.0952 e. The molecule has 0 saturated heterocycles. The molecule has 1 aromatic carbocycles. The van der Waals surface area contributed by atoms with Gasteiger partial charge in [-0.2, -0.15) is 0 Å². The van der Waals surface area contributed by atoms with Gasteiger partial charge in [0.1, 0.15) is 0 Å². The Morgan fingerprint density at radius 3 is 2.44 bits per heavy atom. The van der Waals surface area contributed by atoms with Crippen molar-refractivity contribution in [1.82, 2.24) is 0 Å². The van der Waals surface area contributed by atoms with Gasteiger partial charge < -0.3 is 0 Å². The van der Waals surface area contributed by atoms with Gasteiger partial charge in [-0.1, -0.05) is 67.3 Å². The Morgan fingerprint density at radius 2 is 1.94 bits per heavy atom. The van der Waals surface area contributed by atoms with Crippen molar-refractivity contribution in [2.24, 2.45) is 0 Å². The van der Waals surface area contributed by atoms with Gasteiger partial charge in [-0.05, 0) is 42.4 Å². The minimum atomic E-state index is 0.771. The summed E-state index contributed by atoms with van der Waals surface area (Å²) in [5, 5.41) is 0. The van der Waals surface area contributed by atoms with Crippen LogP contribution in [-0.2, 0) is 6.42 Å². The Labute approximate surface area is 113 Å². The molecule has 1 heteroatoms. The van der Waals surface area contributed by atoms with E-state index < -0.39 is 0 Å². The predicted octanol–water partition coefficient (Wildman–Crippen LogP) is 5.26. The highest BCUT2D eigenvalue weighted by atomic mass is 127. The molecule has 0 amide bonds. The SMILES string of the molecule is C=C(CCCC(C)I)c1ccc(CC)cc1. The molecule has 1 atom stereocenters. The number of rotatable bonds is 6. The van der Waals surface area contributed by atoms with Crippen molar-refractivity contribution in [3.63, 3.8) is 0 Å². The summed E-state index contributed by atoms with van der Waals surface area (Å²) in [7, 11) is 0. The number of hydrogen-bond acceptors (Lipinski definition) is 0. The highest BCUT2D eigenvalue weighted by Crippen LogP contribution is 2.21. The lowest BCUT2D eigenvalue weighted by atomic mass is 10.00. The second-order valence-electron chi connectivity index (χ2n) is 4.33. The van der Waals surface area contributed by atoms with Crippen LogP contribution in [-0.4, -0.2) is 3.92 Å². The lowest BCUT2D eigenvalue weighted by molar-refractivity contribution is 0.765. The smallest absolute Gasteiger partial charge is 0.00814 e. The molecule has 0 nitrogen and oxygen atoms in total. The van der Waals surface area contributed by atoms with Gasteiger partial charge in [0.05, 0.1) is 0 Å². The zero-order valence-corrected chi connectivity index (χ0v) is 12.5. The summed E-state index contributed by atoms with van der Waals surface area (Å²) < 4.78 is 0.771. The number of benzene rings is 1. The average Bonchev–Trinajstić information content (AvgIpc) is 2.28. The summed E-state index contributed by atoms with van der Waals surface area (Å²) in [6, 6.07) is 8.83. The Morgan fingerprint density at radius 1 is 1.31 bits per heavy atom. The zero-order valence-electron chi connectivity index (χ0n) is 10.3. The lowest BCUT2D eigenvalue weighted by Gasteiger charge is -2.07. The van der Waals surface area contributed by atoms with E-state index in [2.05, 4.69) is 67.3 Å². The molecule has 1 aromatic rings. The second-order valence-corrected chi connectivity index (χ2v) is 6.45. The summed E-state index contributed by atoms with van der Waals surface area (Å²) in [4.78, 5) is 0. The van der Waals surface area contributed by atoms with E-state index in [9.17, 15) is 0 Å². The fraction of sp³-hybridized carbons (Fsp3) is 0.467. The summed E-state index contributed by atoms with van der Waals surface area (Å²) in [5.74, 6) is 0. The van der Waals surface area contributed by atoms with Gasteiger partial charge >= 0.3 is 0 Å².